The van der Waals surface area contributed by atoms with Gasteiger partial charge in [0.15, 0.2) is 0 Å². The van der Waals surface area contributed by atoms with Crippen LogP contribution in [0.1, 0.15) is 6.42 Å². The van der Waals surface area contributed by atoms with Crippen LogP contribution in [0.5, 0.6) is 0 Å². The number of hydrogen-bond acceptors (Lipinski definition) is 3. The van der Waals surface area contributed by atoms with Crippen molar-refractivity contribution in [2.24, 2.45) is 0 Å². The molecule has 0 unspecified atom stereocenters. The van der Waals surface area contributed by atoms with Gasteiger partial charge in [-0.25, -0.2) is 0 Å². The maximum absolute atomic E-state index is 10.3. The normalized spacial score (nSPS) is 8.67. The molecule has 0 saturated heterocycles. The molecule has 9 heavy (non-hydrogen) atoms. The summed E-state index contributed by atoms with van der Waals surface area (Å²) < 4.78 is 4.76. The molecule has 0 atom stereocenters. The fraction of sp³-hybridized carbons (Fsp3) is 0.500. The van der Waals surface area contributed by atoms with Crippen molar-refractivity contribution >= 4 is 39.9 Å². The topological polar surface area (TPSA) is 63.6 Å². The molecular formula is C4H5NaO4. The van der Waals surface area contributed by atoms with Gasteiger partial charge < -0.3 is 0 Å². The fourth-order valence-electron chi connectivity index (χ4n) is 0.335. The Morgan fingerprint density at radius 1 is 1.56 bits per heavy atom. The molecule has 0 aliphatic rings. The summed E-state index contributed by atoms with van der Waals surface area (Å²) >= 11 is 0.751. The van der Waals surface area contributed by atoms with Crippen molar-refractivity contribution in [1.29, 1.82) is 0 Å². The van der Waals surface area contributed by atoms with E-state index in [2.05, 4.69) is 4.74 Å². The van der Waals surface area contributed by atoms with E-state index < -0.39 is 18.4 Å². The summed E-state index contributed by atoms with van der Waals surface area (Å²) in [6.45, 7) is 0. The van der Waals surface area contributed by atoms with Crippen LogP contribution in [0.15, 0.2) is 0 Å². The molecule has 0 heterocycles. The average Bonchev–Trinajstić information content (AvgIpc) is 1.63. The van der Waals surface area contributed by atoms with Crippen molar-refractivity contribution < 1.29 is 19.4 Å². The second-order valence-corrected chi connectivity index (χ2v) is 1.95. The first-order chi connectivity index (χ1) is 4.16. The molecule has 4 nitrogen and oxygen atoms in total. The zero-order valence-electron chi connectivity index (χ0n) is 5.09. The van der Waals surface area contributed by atoms with Crippen molar-refractivity contribution in [2.75, 3.05) is 3.86 Å². The van der Waals surface area contributed by atoms with Crippen molar-refractivity contribution in [3.63, 3.8) is 0 Å². The average molecular weight is 140 g/mol. The van der Waals surface area contributed by atoms with Gasteiger partial charge in [-0.05, 0) is 0 Å². The van der Waals surface area contributed by atoms with Gasteiger partial charge in [0.2, 0.25) is 0 Å². The molecule has 0 aliphatic heterocycles. The van der Waals surface area contributed by atoms with Gasteiger partial charge in [-0.2, -0.15) is 0 Å². The van der Waals surface area contributed by atoms with E-state index in [9.17, 15) is 9.59 Å². The Labute approximate surface area is 69.6 Å². The van der Waals surface area contributed by atoms with E-state index >= 15 is 0 Å². The first kappa shape index (κ1) is 8.94. The van der Waals surface area contributed by atoms with E-state index in [-0.39, 0.29) is 0 Å². The number of hydrogen-bond donors (Lipinski definition) is 1. The predicted octanol–water partition coefficient (Wildman–Crippen LogP) is -0.870. The maximum atomic E-state index is 10.3. The number of carboxylic acids is 1. The van der Waals surface area contributed by atoms with Crippen LogP contribution in [-0.2, 0) is 14.3 Å². The zero-order chi connectivity index (χ0) is 7.28. The standard InChI is InChI=1S/C4H5O4.Na/c1-8-4(7)2-3(5)6;/h1-2H2,(H,5,6);. The SMILES string of the molecule is O=C(O)CC(=O)O[CH2][Na]. The second kappa shape index (κ2) is 4.78. The molecule has 0 amide bonds. The van der Waals surface area contributed by atoms with Gasteiger partial charge in [-0.3, -0.25) is 0 Å². The second-order valence-electron chi connectivity index (χ2n) is 1.38. The molecule has 0 aromatic heterocycles. The van der Waals surface area contributed by atoms with Crippen molar-refractivity contribution in [1.82, 2.24) is 0 Å². The Kier molecular flexibility index (Phi) is 4.75. The summed E-state index contributed by atoms with van der Waals surface area (Å²) in [6.07, 6.45) is -0.526. The van der Waals surface area contributed by atoms with Gasteiger partial charge in [0.1, 0.15) is 0 Å². The molecule has 0 spiro atoms. The first-order valence-electron chi connectivity index (χ1n) is 2.54. The molecule has 46 valence electrons. The van der Waals surface area contributed by atoms with Crippen LogP contribution in [0.3, 0.4) is 0 Å². The van der Waals surface area contributed by atoms with Gasteiger partial charge in [0.05, 0.1) is 0 Å². The number of carboxylic acid groups (broad SMARTS) is 1. The molecule has 0 aromatic rings. The number of carbonyl (C=O) groups is 2. The van der Waals surface area contributed by atoms with Crippen LogP contribution in [0, 0.1) is 0 Å². The molecule has 0 radical (unpaired) electrons. The number of aliphatic carboxylic acids is 1. The van der Waals surface area contributed by atoms with Crippen LogP contribution < -0.4 is 0 Å². The van der Waals surface area contributed by atoms with E-state index in [0.29, 0.717) is 3.86 Å². The predicted molar refractivity (Wildman–Crippen MR) is 29.0 cm³/mol. The molecule has 0 rings (SSSR count). The van der Waals surface area contributed by atoms with E-state index in [4.69, 9.17) is 5.11 Å². The molecule has 0 aliphatic carbocycles. The number of carbonyl (C=O) groups excluding carboxylic acids is 1. The summed E-state index contributed by atoms with van der Waals surface area (Å²) in [5, 5.41) is 8.02. The Morgan fingerprint density at radius 3 is 2.44 bits per heavy atom. The Morgan fingerprint density at radius 2 is 2.11 bits per heavy atom. The molecule has 1 N–H and O–H groups in total. The van der Waals surface area contributed by atoms with Gasteiger partial charge in [0.25, 0.3) is 0 Å². The van der Waals surface area contributed by atoms with Crippen LogP contribution in [0.4, 0.5) is 0 Å². The van der Waals surface area contributed by atoms with Crippen LogP contribution in [0.2, 0.25) is 0 Å². The molecule has 0 saturated carbocycles. The van der Waals surface area contributed by atoms with Crippen LogP contribution in [0.25, 0.3) is 0 Å². The minimum absolute atomic E-state index is 0.367. The van der Waals surface area contributed by atoms with Gasteiger partial charge in [0, 0.05) is 0 Å². The monoisotopic (exact) mass is 140 g/mol. The third-order valence-electron chi connectivity index (χ3n) is 0.601. The zero-order valence-corrected chi connectivity index (χ0v) is 7.09. The van der Waals surface area contributed by atoms with E-state index in [1.807, 2.05) is 0 Å². The third kappa shape index (κ3) is 5.82. The van der Waals surface area contributed by atoms with Gasteiger partial charge in [-0.15, -0.1) is 0 Å². The van der Waals surface area contributed by atoms with E-state index in [1.54, 1.807) is 0 Å². The van der Waals surface area contributed by atoms with Gasteiger partial charge >= 0.3 is 69.6 Å². The molecule has 0 fully saturated rings. The Balaban J connectivity index is 3.39. The van der Waals surface area contributed by atoms with Crippen molar-refractivity contribution in [3.8, 4) is 0 Å². The quantitative estimate of drug-likeness (QED) is 0.314. The minimum atomic E-state index is -1.14. The Hall–Kier alpha value is -0.0600. The van der Waals surface area contributed by atoms with E-state index in [0.717, 1.165) is 27.9 Å². The summed E-state index contributed by atoms with van der Waals surface area (Å²) in [7, 11) is 0. The van der Waals surface area contributed by atoms with E-state index in [1.165, 1.54) is 0 Å². The van der Waals surface area contributed by atoms with Crippen molar-refractivity contribution in [2.45, 2.75) is 6.42 Å². The molecule has 0 bridgehead atoms. The summed E-state index contributed by atoms with van der Waals surface area (Å²) in [5.41, 5.74) is 0. The molecule has 5 heteroatoms. The number of rotatable bonds is 3. The summed E-state index contributed by atoms with van der Waals surface area (Å²) in [4.78, 5) is 20.1. The Bertz CT molecular complexity index is 122. The summed E-state index contributed by atoms with van der Waals surface area (Å²) in [6, 6.07) is 0. The fourth-order valence-corrected chi connectivity index (χ4v) is 0.657. The van der Waals surface area contributed by atoms with Crippen molar-refractivity contribution in [3.05, 3.63) is 0 Å². The third-order valence-corrected chi connectivity index (χ3v) is 0.890. The number of esters is 1. The molecule has 0 aromatic carbocycles. The van der Waals surface area contributed by atoms with Crippen LogP contribution in [-0.4, -0.2) is 48.8 Å². The first-order valence-corrected chi connectivity index (χ1v) is 3.95. The molecular weight excluding hydrogens is 135 g/mol. The van der Waals surface area contributed by atoms with Crippen LogP contribution >= 0.6 is 0 Å². The number of ether oxygens (including phenoxy) is 1. The summed E-state index contributed by atoms with van der Waals surface area (Å²) in [5.74, 6) is -1.80. The van der Waals surface area contributed by atoms with Gasteiger partial charge in [-0.1, -0.05) is 0 Å².